The molecule has 0 saturated heterocycles. The van der Waals surface area contributed by atoms with Crippen LogP contribution in [0.2, 0.25) is 0 Å². The molecule has 1 aliphatic rings. The van der Waals surface area contributed by atoms with E-state index in [1.165, 1.54) is 0 Å². The molecule has 0 aromatic carbocycles. The van der Waals surface area contributed by atoms with E-state index in [0.29, 0.717) is 6.04 Å². The van der Waals surface area contributed by atoms with Gasteiger partial charge in [-0.25, -0.2) is 0 Å². The van der Waals surface area contributed by atoms with Gasteiger partial charge in [0.1, 0.15) is 0 Å². The first-order chi connectivity index (χ1) is 6.47. The van der Waals surface area contributed by atoms with Crippen molar-refractivity contribution in [2.75, 3.05) is 6.54 Å². The quantitative estimate of drug-likeness (QED) is 0.417. The highest BCUT2D eigenvalue weighted by atomic mass is 19.4. The Bertz CT molecular complexity index is 208. The fraction of sp³-hybridized carbons (Fsp3) is 0.875. The topological polar surface area (TPSA) is 50.4 Å². The summed E-state index contributed by atoms with van der Waals surface area (Å²) in [6.45, 7) is 0.130. The van der Waals surface area contributed by atoms with E-state index in [9.17, 15) is 13.2 Å². The van der Waals surface area contributed by atoms with Gasteiger partial charge in [-0.1, -0.05) is 0 Å². The van der Waals surface area contributed by atoms with Crippen LogP contribution in [0.3, 0.4) is 0 Å². The smallest absolute Gasteiger partial charge is 0.370 e. The zero-order valence-electron chi connectivity index (χ0n) is 7.77. The van der Waals surface area contributed by atoms with Gasteiger partial charge in [-0.2, -0.15) is 13.2 Å². The monoisotopic (exact) mass is 209 g/mol. The lowest BCUT2D eigenvalue weighted by molar-refractivity contribution is -0.134. The largest absolute Gasteiger partial charge is 0.389 e. The van der Waals surface area contributed by atoms with Crippen LogP contribution in [-0.4, -0.2) is 24.7 Å². The molecule has 1 fully saturated rings. The number of nitrogens with two attached hydrogens (primary N) is 1. The SMILES string of the molecule is NC(=NCCCC(F)(F)F)NC1CC1. The van der Waals surface area contributed by atoms with Crippen molar-refractivity contribution >= 4 is 5.96 Å². The Kier molecular flexibility index (Phi) is 3.60. The average Bonchev–Trinajstić information content (AvgIpc) is 2.80. The van der Waals surface area contributed by atoms with Crippen molar-refractivity contribution in [1.29, 1.82) is 0 Å². The molecule has 0 aromatic rings. The molecule has 82 valence electrons. The number of aliphatic imine (C=N–C) groups is 1. The van der Waals surface area contributed by atoms with Crippen LogP contribution < -0.4 is 11.1 Å². The number of nitrogens with one attached hydrogen (secondary N) is 1. The fourth-order valence-electron chi connectivity index (χ4n) is 0.961. The summed E-state index contributed by atoms with van der Waals surface area (Å²) in [4.78, 5) is 3.79. The van der Waals surface area contributed by atoms with Gasteiger partial charge in [0.25, 0.3) is 0 Å². The molecule has 3 N–H and O–H groups in total. The summed E-state index contributed by atoms with van der Waals surface area (Å²) in [5, 5.41) is 2.90. The fourth-order valence-corrected chi connectivity index (χ4v) is 0.961. The Hall–Kier alpha value is -0.940. The zero-order valence-corrected chi connectivity index (χ0v) is 7.77. The summed E-state index contributed by atoms with van der Waals surface area (Å²) < 4.78 is 35.1. The van der Waals surface area contributed by atoms with Crippen molar-refractivity contribution in [2.24, 2.45) is 10.7 Å². The predicted molar refractivity (Wildman–Crippen MR) is 47.9 cm³/mol. The van der Waals surface area contributed by atoms with Crippen LogP contribution in [0, 0.1) is 0 Å². The number of hydrogen-bond donors (Lipinski definition) is 2. The Morgan fingerprint density at radius 3 is 2.57 bits per heavy atom. The number of guanidine groups is 1. The van der Waals surface area contributed by atoms with Crippen LogP contribution in [0.1, 0.15) is 25.7 Å². The lowest BCUT2D eigenvalue weighted by Gasteiger charge is -2.05. The van der Waals surface area contributed by atoms with Crippen LogP contribution in [0.25, 0.3) is 0 Å². The molecule has 1 rings (SSSR count). The van der Waals surface area contributed by atoms with Crippen molar-refractivity contribution in [3.05, 3.63) is 0 Å². The van der Waals surface area contributed by atoms with Gasteiger partial charge in [0.15, 0.2) is 5.96 Å². The van der Waals surface area contributed by atoms with E-state index in [1.807, 2.05) is 0 Å². The van der Waals surface area contributed by atoms with E-state index in [0.717, 1.165) is 12.8 Å². The minimum atomic E-state index is -4.09. The van der Waals surface area contributed by atoms with Crippen LogP contribution in [0.5, 0.6) is 0 Å². The number of rotatable bonds is 4. The van der Waals surface area contributed by atoms with Gasteiger partial charge in [0.05, 0.1) is 0 Å². The Morgan fingerprint density at radius 1 is 1.43 bits per heavy atom. The van der Waals surface area contributed by atoms with E-state index in [-0.39, 0.29) is 18.9 Å². The maximum Gasteiger partial charge on any atom is 0.389 e. The normalized spacial score (nSPS) is 18.4. The maximum atomic E-state index is 11.7. The zero-order chi connectivity index (χ0) is 10.6. The summed E-state index contributed by atoms with van der Waals surface area (Å²) in [5.74, 6) is 0.259. The van der Waals surface area contributed by atoms with Crippen LogP contribution in [0.15, 0.2) is 4.99 Å². The lowest BCUT2D eigenvalue weighted by atomic mass is 10.3. The van der Waals surface area contributed by atoms with Gasteiger partial charge >= 0.3 is 6.18 Å². The number of halogens is 3. The van der Waals surface area contributed by atoms with Crippen molar-refractivity contribution < 1.29 is 13.2 Å². The van der Waals surface area contributed by atoms with E-state index in [1.54, 1.807) is 0 Å². The summed E-state index contributed by atoms with van der Waals surface area (Å²) in [7, 11) is 0. The molecule has 0 aliphatic heterocycles. The van der Waals surface area contributed by atoms with Gasteiger partial charge < -0.3 is 11.1 Å². The third kappa shape index (κ3) is 5.66. The summed E-state index contributed by atoms with van der Waals surface area (Å²) >= 11 is 0. The standard InChI is InChI=1S/C8H14F3N3/c9-8(10,11)4-1-5-13-7(12)14-6-2-3-6/h6H,1-5H2,(H3,12,13,14). The highest BCUT2D eigenvalue weighted by Crippen LogP contribution is 2.21. The number of hydrogen-bond acceptors (Lipinski definition) is 1. The van der Waals surface area contributed by atoms with Gasteiger partial charge in [0, 0.05) is 19.0 Å². The number of alkyl halides is 3. The Labute approximate surface area is 80.6 Å². The molecular formula is C8H14F3N3. The van der Waals surface area contributed by atoms with Crippen LogP contribution in [0.4, 0.5) is 13.2 Å². The van der Waals surface area contributed by atoms with E-state index in [2.05, 4.69) is 10.3 Å². The lowest BCUT2D eigenvalue weighted by Crippen LogP contribution is -2.33. The minimum absolute atomic E-state index is 0.00343. The first-order valence-electron chi connectivity index (χ1n) is 4.60. The molecule has 0 atom stereocenters. The Balaban J connectivity index is 2.06. The van der Waals surface area contributed by atoms with Crippen molar-refractivity contribution in [3.63, 3.8) is 0 Å². The molecule has 0 unspecified atom stereocenters. The molecular weight excluding hydrogens is 195 g/mol. The van der Waals surface area contributed by atoms with Gasteiger partial charge in [-0.15, -0.1) is 0 Å². The molecule has 0 bridgehead atoms. The van der Waals surface area contributed by atoms with Crippen molar-refractivity contribution in [2.45, 2.75) is 37.9 Å². The molecule has 14 heavy (non-hydrogen) atoms. The van der Waals surface area contributed by atoms with Crippen molar-refractivity contribution in [3.8, 4) is 0 Å². The van der Waals surface area contributed by atoms with E-state index >= 15 is 0 Å². The second-order valence-corrected chi connectivity index (χ2v) is 3.40. The predicted octanol–water partition coefficient (Wildman–Crippen LogP) is 1.40. The molecule has 6 heteroatoms. The third-order valence-electron chi connectivity index (χ3n) is 1.83. The molecule has 0 heterocycles. The van der Waals surface area contributed by atoms with Gasteiger partial charge in [0.2, 0.25) is 0 Å². The third-order valence-corrected chi connectivity index (χ3v) is 1.83. The van der Waals surface area contributed by atoms with Crippen molar-refractivity contribution in [1.82, 2.24) is 5.32 Å². The summed E-state index contributed by atoms with van der Waals surface area (Å²) in [5.41, 5.74) is 5.42. The van der Waals surface area contributed by atoms with Crippen LogP contribution >= 0.6 is 0 Å². The first kappa shape index (κ1) is 11.1. The highest BCUT2D eigenvalue weighted by molar-refractivity contribution is 5.78. The average molecular weight is 209 g/mol. The maximum absolute atomic E-state index is 11.7. The summed E-state index contributed by atoms with van der Waals surface area (Å²) in [6, 6.07) is 0.390. The minimum Gasteiger partial charge on any atom is -0.370 e. The number of nitrogens with zero attached hydrogens (tertiary/aromatic N) is 1. The Morgan fingerprint density at radius 2 is 2.07 bits per heavy atom. The molecule has 0 amide bonds. The molecule has 0 radical (unpaired) electrons. The molecule has 1 aliphatic carbocycles. The molecule has 0 aromatic heterocycles. The van der Waals surface area contributed by atoms with Crippen LogP contribution in [-0.2, 0) is 0 Å². The summed E-state index contributed by atoms with van der Waals surface area (Å²) in [6.07, 6.45) is -2.75. The van der Waals surface area contributed by atoms with Gasteiger partial charge in [-0.05, 0) is 19.3 Å². The van der Waals surface area contributed by atoms with E-state index in [4.69, 9.17) is 5.73 Å². The molecule has 1 saturated carbocycles. The van der Waals surface area contributed by atoms with Gasteiger partial charge in [-0.3, -0.25) is 4.99 Å². The molecule has 3 nitrogen and oxygen atoms in total. The molecule has 0 spiro atoms. The first-order valence-corrected chi connectivity index (χ1v) is 4.60. The second kappa shape index (κ2) is 4.52. The van der Waals surface area contributed by atoms with E-state index < -0.39 is 12.6 Å². The second-order valence-electron chi connectivity index (χ2n) is 3.40. The highest BCUT2D eigenvalue weighted by Gasteiger charge is 2.26.